The van der Waals surface area contributed by atoms with Crippen molar-refractivity contribution in [2.45, 2.75) is 6.92 Å². The minimum absolute atomic E-state index is 0.354. The van der Waals surface area contributed by atoms with Crippen LogP contribution in [0.2, 0.25) is 0 Å². The number of hydrogen-bond acceptors (Lipinski definition) is 2. The van der Waals surface area contributed by atoms with Gasteiger partial charge in [-0.05, 0) is 65.9 Å². The number of amides is 1. The minimum atomic E-state index is -0.366. The molecule has 4 heteroatoms. The van der Waals surface area contributed by atoms with Crippen LogP contribution < -0.4 is 4.90 Å². The molecule has 0 saturated heterocycles. The summed E-state index contributed by atoms with van der Waals surface area (Å²) < 4.78 is 6.25. The quantitative estimate of drug-likeness (QED) is 0.743. The molecule has 3 nitrogen and oxygen atoms in total. The van der Waals surface area contributed by atoms with Gasteiger partial charge >= 0.3 is 6.09 Å². The number of anilines is 2. The summed E-state index contributed by atoms with van der Waals surface area (Å²) in [6.07, 6.45) is -0.366. The summed E-state index contributed by atoms with van der Waals surface area (Å²) in [5.41, 5.74) is 1.59. The van der Waals surface area contributed by atoms with Crippen molar-refractivity contribution in [3.8, 4) is 0 Å². The van der Waals surface area contributed by atoms with E-state index in [1.807, 2.05) is 54.6 Å². The van der Waals surface area contributed by atoms with Gasteiger partial charge < -0.3 is 4.74 Å². The fourth-order valence-electron chi connectivity index (χ4n) is 1.72. The van der Waals surface area contributed by atoms with Crippen molar-refractivity contribution in [1.82, 2.24) is 0 Å². The van der Waals surface area contributed by atoms with Crippen molar-refractivity contribution in [2.75, 3.05) is 11.5 Å². The molecular weight excluding hydrogens is 353 g/mol. The van der Waals surface area contributed by atoms with Crippen LogP contribution in [0.3, 0.4) is 0 Å². The molecule has 0 atom stereocenters. The number of nitrogens with zero attached hydrogens (tertiary/aromatic N) is 1. The molecule has 0 N–H and O–H groups in total. The molecule has 0 aliphatic rings. The number of rotatable bonds is 3. The Morgan fingerprint density at radius 2 is 1.63 bits per heavy atom. The highest BCUT2D eigenvalue weighted by Gasteiger charge is 2.18. The summed E-state index contributed by atoms with van der Waals surface area (Å²) in [6, 6.07) is 17.2. The maximum atomic E-state index is 12.1. The molecule has 0 bridgehead atoms. The third kappa shape index (κ3) is 3.47. The third-order valence-electron chi connectivity index (χ3n) is 2.55. The van der Waals surface area contributed by atoms with Gasteiger partial charge in [0.25, 0.3) is 0 Å². The maximum Gasteiger partial charge on any atom is 0.418 e. The van der Waals surface area contributed by atoms with Crippen LogP contribution in [0.1, 0.15) is 6.92 Å². The number of ether oxygens (including phenoxy) is 1. The summed E-state index contributed by atoms with van der Waals surface area (Å²) in [6.45, 7) is 2.15. The first kappa shape index (κ1) is 13.9. The highest BCUT2D eigenvalue weighted by Crippen LogP contribution is 2.26. The van der Waals surface area contributed by atoms with Crippen LogP contribution >= 0.6 is 22.6 Å². The summed E-state index contributed by atoms with van der Waals surface area (Å²) in [5.74, 6) is 0. The van der Waals surface area contributed by atoms with Crippen LogP contribution in [0, 0.1) is 3.57 Å². The third-order valence-corrected chi connectivity index (χ3v) is 3.27. The number of halogens is 1. The first-order valence-corrected chi connectivity index (χ1v) is 7.07. The molecule has 0 heterocycles. The summed E-state index contributed by atoms with van der Waals surface area (Å²) in [7, 11) is 0. The van der Waals surface area contributed by atoms with Gasteiger partial charge in [0.1, 0.15) is 0 Å². The van der Waals surface area contributed by atoms with Gasteiger partial charge in [0.15, 0.2) is 0 Å². The van der Waals surface area contributed by atoms with Crippen LogP contribution in [-0.4, -0.2) is 12.7 Å². The predicted molar refractivity (Wildman–Crippen MR) is 84.8 cm³/mol. The Labute approximate surface area is 126 Å². The van der Waals surface area contributed by atoms with Gasteiger partial charge in [0, 0.05) is 3.57 Å². The number of hydrogen-bond donors (Lipinski definition) is 0. The van der Waals surface area contributed by atoms with Gasteiger partial charge in [-0.2, -0.15) is 0 Å². The molecule has 2 rings (SSSR count). The Morgan fingerprint density at radius 1 is 1.05 bits per heavy atom. The molecule has 2 aromatic carbocycles. The molecule has 0 unspecified atom stereocenters. The molecule has 0 aliphatic heterocycles. The van der Waals surface area contributed by atoms with Gasteiger partial charge in [-0.25, -0.2) is 9.69 Å². The molecule has 98 valence electrons. The molecule has 0 fully saturated rings. The number of para-hydroxylation sites is 1. The van der Waals surface area contributed by atoms with E-state index in [2.05, 4.69) is 22.6 Å². The Balaban J connectivity index is 2.40. The van der Waals surface area contributed by atoms with Gasteiger partial charge in [0.2, 0.25) is 0 Å². The van der Waals surface area contributed by atoms with Crippen LogP contribution in [0.25, 0.3) is 0 Å². The Kier molecular flexibility index (Phi) is 4.79. The lowest BCUT2D eigenvalue weighted by molar-refractivity contribution is 0.162. The first-order chi connectivity index (χ1) is 9.22. The Morgan fingerprint density at radius 3 is 2.21 bits per heavy atom. The lowest BCUT2D eigenvalue weighted by atomic mass is 10.2. The molecule has 0 aliphatic carbocycles. The van der Waals surface area contributed by atoms with E-state index >= 15 is 0 Å². The minimum Gasteiger partial charge on any atom is -0.449 e. The molecule has 0 radical (unpaired) electrons. The second-order valence-corrected chi connectivity index (χ2v) is 5.09. The highest BCUT2D eigenvalue weighted by molar-refractivity contribution is 14.1. The summed E-state index contributed by atoms with van der Waals surface area (Å²) in [4.78, 5) is 13.7. The SMILES string of the molecule is CCOC(=O)N(c1ccccc1)c1ccc(I)cc1. The molecule has 0 saturated carbocycles. The average Bonchev–Trinajstić information content (AvgIpc) is 2.43. The normalized spacial score (nSPS) is 10.0. The van der Waals surface area contributed by atoms with Crippen LogP contribution in [0.4, 0.5) is 16.2 Å². The molecule has 0 spiro atoms. The van der Waals surface area contributed by atoms with Crippen LogP contribution in [0.5, 0.6) is 0 Å². The zero-order valence-electron chi connectivity index (χ0n) is 10.5. The van der Waals surface area contributed by atoms with Crippen LogP contribution in [0.15, 0.2) is 54.6 Å². The monoisotopic (exact) mass is 367 g/mol. The molecule has 19 heavy (non-hydrogen) atoms. The molecule has 0 aromatic heterocycles. The Bertz CT molecular complexity index is 540. The van der Waals surface area contributed by atoms with Gasteiger partial charge in [0.05, 0.1) is 18.0 Å². The van der Waals surface area contributed by atoms with E-state index in [-0.39, 0.29) is 6.09 Å². The zero-order chi connectivity index (χ0) is 13.7. The lowest BCUT2D eigenvalue weighted by Crippen LogP contribution is -2.26. The summed E-state index contributed by atoms with van der Waals surface area (Å²) in [5, 5.41) is 0. The van der Waals surface area contributed by atoms with E-state index in [4.69, 9.17) is 4.74 Å². The smallest absolute Gasteiger partial charge is 0.418 e. The largest absolute Gasteiger partial charge is 0.449 e. The maximum absolute atomic E-state index is 12.1. The predicted octanol–water partition coefficient (Wildman–Crippen LogP) is 4.59. The van der Waals surface area contributed by atoms with Crippen molar-refractivity contribution in [2.24, 2.45) is 0 Å². The number of carbonyl (C=O) groups is 1. The van der Waals surface area contributed by atoms with E-state index in [1.165, 1.54) is 0 Å². The van der Waals surface area contributed by atoms with Crippen molar-refractivity contribution in [3.63, 3.8) is 0 Å². The van der Waals surface area contributed by atoms with Gasteiger partial charge in [-0.15, -0.1) is 0 Å². The highest BCUT2D eigenvalue weighted by atomic mass is 127. The average molecular weight is 367 g/mol. The van der Waals surface area contributed by atoms with E-state index in [9.17, 15) is 4.79 Å². The Hall–Kier alpha value is -1.56. The zero-order valence-corrected chi connectivity index (χ0v) is 12.7. The van der Waals surface area contributed by atoms with Crippen molar-refractivity contribution >= 4 is 40.1 Å². The topological polar surface area (TPSA) is 29.5 Å². The lowest BCUT2D eigenvalue weighted by Gasteiger charge is -2.22. The number of benzene rings is 2. The molecule has 1 amide bonds. The second kappa shape index (κ2) is 6.56. The second-order valence-electron chi connectivity index (χ2n) is 3.85. The van der Waals surface area contributed by atoms with E-state index < -0.39 is 0 Å². The van der Waals surface area contributed by atoms with Crippen LogP contribution in [-0.2, 0) is 4.74 Å². The van der Waals surface area contributed by atoms with E-state index in [0.717, 1.165) is 14.9 Å². The van der Waals surface area contributed by atoms with Crippen molar-refractivity contribution in [1.29, 1.82) is 0 Å². The van der Waals surface area contributed by atoms with Gasteiger partial charge in [-0.1, -0.05) is 18.2 Å². The summed E-state index contributed by atoms with van der Waals surface area (Å²) >= 11 is 2.23. The fraction of sp³-hybridized carbons (Fsp3) is 0.133. The number of carbonyl (C=O) groups excluding carboxylic acids is 1. The first-order valence-electron chi connectivity index (χ1n) is 6.00. The van der Waals surface area contributed by atoms with Crippen molar-refractivity contribution < 1.29 is 9.53 Å². The van der Waals surface area contributed by atoms with Crippen molar-refractivity contribution in [3.05, 3.63) is 58.2 Å². The molecule has 2 aromatic rings. The fourth-order valence-corrected chi connectivity index (χ4v) is 2.07. The van der Waals surface area contributed by atoms with E-state index in [0.29, 0.717) is 6.61 Å². The molecular formula is C15H14INO2. The standard InChI is InChI=1S/C15H14INO2/c1-2-19-15(18)17(13-6-4-3-5-7-13)14-10-8-12(16)9-11-14/h3-11H,2H2,1H3. The van der Waals surface area contributed by atoms with E-state index in [1.54, 1.807) is 11.8 Å². The van der Waals surface area contributed by atoms with Gasteiger partial charge in [-0.3, -0.25) is 0 Å².